The van der Waals surface area contributed by atoms with Crippen molar-refractivity contribution in [3.8, 4) is 0 Å². The maximum atomic E-state index is 12.8. The van der Waals surface area contributed by atoms with Gasteiger partial charge in [0.2, 0.25) is 10.0 Å². The molecule has 1 aliphatic rings. The Morgan fingerprint density at radius 1 is 0.781 bits per heavy atom. The van der Waals surface area contributed by atoms with Crippen LogP contribution in [0.2, 0.25) is 0 Å². The van der Waals surface area contributed by atoms with E-state index < -0.39 is 10.0 Å². The molecule has 7 heteroatoms. The summed E-state index contributed by atoms with van der Waals surface area (Å²) in [4.78, 5) is 0.315. The third-order valence-electron chi connectivity index (χ3n) is 5.61. The van der Waals surface area contributed by atoms with Gasteiger partial charge in [0, 0.05) is 18.8 Å². The fourth-order valence-electron chi connectivity index (χ4n) is 3.91. The van der Waals surface area contributed by atoms with E-state index in [1.54, 1.807) is 28.6 Å². The molecule has 0 saturated carbocycles. The smallest absolute Gasteiger partial charge is 0.243 e. The minimum Gasteiger partial charge on any atom is -0.352 e. The molecule has 0 spiro atoms. The number of sulfonamides is 1. The second kappa shape index (κ2) is 10.3. The van der Waals surface area contributed by atoms with Gasteiger partial charge < -0.3 is 10.6 Å². The molecule has 0 atom stereocenters. The molecule has 0 aromatic heterocycles. The molecule has 0 radical (unpaired) electrons. The molecule has 2 N–H and O–H groups in total. The molecule has 0 amide bonds. The highest BCUT2D eigenvalue weighted by Gasteiger charge is 2.25. The van der Waals surface area contributed by atoms with Crippen molar-refractivity contribution in [3.05, 3.63) is 96.1 Å². The molecule has 3 aromatic rings. The highest BCUT2D eigenvalue weighted by Crippen LogP contribution is 2.24. The number of nitrogens with zero attached hydrogens (tertiary/aromatic N) is 1. The number of piperidine rings is 1. The van der Waals surface area contributed by atoms with E-state index in [1.807, 2.05) is 36.4 Å². The number of rotatable bonds is 6. The summed E-state index contributed by atoms with van der Waals surface area (Å²) in [5.41, 5.74) is 2.94. The Morgan fingerprint density at radius 2 is 1.31 bits per heavy atom. The van der Waals surface area contributed by atoms with Crippen LogP contribution in [0, 0.1) is 0 Å². The number of benzene rings is 3. The van der Waals surface area contributed by atoms with Crippen LogP contribution < -0.4 is 10.6 Å². The predicted octanol–water partition coefficient (Wildman–Crippen LogP) is 4.94. The monoisotopic (exact) mass is 465 g/mol. The minimum absolute atomic E-state index is 0.101. The average Bonchev–Trinajstić information content (AvgIpc) is 2.84. The molecule has 32 heavy (non-hydrogen) atoms. The van der Waals surface area contributed by atoms with Gasteiger partial charge in [-0.25, -0.2) is 8.42 Å². The Kier molecular flexibility index (Phi) is 7.19. The van der Waals surface area contributed by atoms with Crippen LogP contribution in [0.4, 0.5) is 5.69 Å². The molecule has 1 fully saturated rings. The van der Waals surface area contributed by atoms with Gasteiger partial charge in [0.05, 0.1) is 10.9 Å². The fraction of sp³-hybridized carbons (Fsp3) is 0.240. The molecule has 166 valence electrons. The Balaban J connectivity index is 1.46. The molecule has 0 unspecified atom stereocenters. The first-order valence-corrected chi connectivity index (χ1v) is 12.7. The van der Waals surface area contributed by atoms with E-state index in [0.717, 1.165) is 36.1 Å². The van der Waals surface area contributed by atoms with Crippen LogP contribution in [0.25, 0.3) is 0 Å². The van der Waals surface area contributed by atoms with Crippen LogP contribution in [0.15, 0.2) is 89.8 Å². The van der Waals surface area contributed by atoms with Gasteiger partial charge in [0.15, 0.2) is 5.11 Å². The lowest BCUT2D eigenvalue weighted by Crippen LogP contribution is -2.35. The predicted molar refractivity (Wildman–Crippen MR) is 133 cm³/mol. The van der Waals surface area contributed by atoms with Crippen molar-refractivity contribution in [1.29, 1.82) is 0 Å². The minimum atomic E-state index is -3.44. The van der Waals surface area contributed by atoms with Crippen molar-refractivity contribution >= 4 is 33.0 Å². The Hall–Kier alpha value is -2.74. The van der Waals surface area contributed by atoms with Gasteiger partial charge >= 0.3 is 0 Å². The Morgan fingerprint density at radius 3 is 1.84 bits per heavy atom. The van der Waals surface area contributed by atoms with Gasteiger partial charge in [0.1, 0.15) is 0 Å². The molecule has 1 heterocycles. The van der Waals surface area contributed by atoms with Crippen LogP contribution in [0.5, 0.6) is 0 Å². The van der Waals surface area contributed by atoms with Gasteiger partial charge in [0.25, 0.3) is 0 Å². The van der Waals surface area contributed by atoms with Gasteiger partial charge in [-0.15, -0.1) is 0 Å². The third-order valence-corrected chi connectivity index (χ3v) is 7.74. The zero-order valence-electron chi connectivity index (χ0n) is 17.8. The second-order valence-corrected chi connectivity index (χ2v) is 10.2. The number of hydrogen-bond acceptors (Lipinski definition) is 3. The molecule has 3 aromatic carbocycles. The van der Waals surface area contributed by atoms with Crippen LogP contribution in [0.3, 0.4) is 0 Å². The van der Waals surface area contributed by atoms with E-state index in [9.17, 15) is 8.42 Å². The number of nitrogens with one attached hydrogen (secondary N) is 2. The molecule has 1 saturated heterocycles. The Bertz CT molecular complexity index is 1090. The van der Waals surface area contributed by atoms with E-state index in [4.69, 9.17) is 12.2 Å². The van der Waals surface area contributed by atoms with Crippen molar-refractivity contribution in [2.24, 2.45) is 0 Å². The standard InChI is InChI=1S/C25H27N3O2S2/c29-32(30,28-18-8-3-9-19-28)23-16-14-22(15-17-23)26-25(31)27-24(20-10-4-1-5-11-20)21-12-6-2-7-13-21/h1-2,4-7,10-17,24H,3,8-9,18-19H2,(H2,26,27,31). The summed E-state index contributed by atoms with van der Waals surface area (Å²) in [5, 5.41) is 7.04. The first kappa shape index (κ1) is 22.5. The van der Waals surface area contributed by atoms with Crippen molar-refractivity contribution in [3.63, 3.8) is 0 Å². The van der Waals surface area contributed by atoms with E-state index in [2.05, 4.69) is 34.9 Å². The highest BCUT2D eigenvalue weighted by molar-refractivity contribution is 7.89. The van der Waals surface area contributed by atoms with Gasteiger partial charge in [-0.3, -0.25) is 0 Å². The summed E-state index contributed by atoms with van der Waals surface area (Å²) in [6.07, 6.45) is 2.93. The lowest BCUT2D eigenvalue weighted by atomic mass is 9.99. The number of anilines is 1. The van der Waals surface area contributed by atoms with E-state index in [0.29, 0.717) is 23.1 Å². The van der Waals surface area contributed by atoms with Gasteiger partial charge in [-0.2, -0.15) is 4.31 Å². The maximum absolute atomic E-state index is 12.8. The average molecular weight is 466 g/mol. The molecular formula is C25H27N3O2S2. The lowest BCUT2D eigenvalue weighted by molar-refractivity contribution is 0.346. The van der Waals surface area contributed by atoms with Crippen LogP contribution in [-0.4, -0.2) is 30.9 Å². The molecule has 5 nitrogen and oxygen atoms in total. The maximum Gasteiger partial charge on any atom is 0.243 e. The van der Waals surface area contributed by atoms with E-state index >= 15 is 0 Å². The summed E-state index contributed by atoms with van der Waals surface area (Å²) in [6.45, 7) is 1.19. The van der Waals surface area contributed by atoms with E-state index in [1.165, 1.54) is 0 Å². The Labute approximate surface area is 195 Å². The molecule has 0 aliphatic carbocycles. The summed E-state index contributed by atoms with van der Waals surface area (Å²) in [5.74, 6) is 0. The van der Waals surface area contributed by atoms with Crippen molar-refractivity contribution in [2.45, 2.75) is 30.2 Å². The lowest BCUT2D eigenvalue weighted by Gasteiger charge is -2.26. The first-order valence-electron chi connectivity index (χ1n) is 10.8. The largest absolute Gasteiger partial charge is 0.352 e. The molecular weight excluding hydrogens is 438 g/mol. The van der Waals surface area contributed by atoms with E-state index in [-0.39, 0.29) is 6.04 Å². The van der Waals surface area contributed by atoms with Gasteiger partial charge in [-0.1, -0.05) is 67.1 Å². The van der Waals surface area contributed by atoms with Crippen LogP contribution >= 0.6 is 12.2 Å². The number of hydrogen-bond donors (Lipinski definition) is 2. The van der Waals surface area contributed by atoms with Gasteiger partial charge in [-0.05, 0) is 60.5 Å². The van der Waals surface area contributed by atoms with Crippen molar-refractivity contribution in [1.82, 2.24) is 9.62 Å². The zero-order valence-corrected chi connectivity index (χ0v) is 19.4. The summed E-state index contributed by atoms with van der Waals surface area (Å²) < 4.78 is 27.3. The third kappa shape index (κ3) is 5.35. The first-order chi connectivity index (χ1) is 15.5. The SMILES string of the molecule is O=S(=O)(c1ccc(NC(=S)NC(c2ccccc2)c2ccccc2)cc1)N1CCCCC1. The fourth-order valence-corrected chi connectivity index (χ4v) is 5.67. The van der Waals surface area contributed by atoms with Crippen molar-refractivity contribution in [2.75, 3.05) is 18.4 Å². The number of thiocarbonyl (C=S) groups is 1. The normalized spacial score (nSPS) is 14.8. The van der Waals surface area contributed by atoms with Crippen LogP contribution in [0.1, 0.15) is 36.4 Å². The molecule has 0 bridgehead atoms. The highest BCUT2D eigenvalue weighted by atomic mass is 32.2. The summed E-state index contributed by atoms with van der Waals surface area (Å²) in [7, 11) is -3.44. The summed E-state index contributed by atoms with van der Waals surface area (Å²) >= 11 is 5.57. The topological polar surface area (TPSA) is 61.4 Å². The van der Waals surface area contributed by atoms with Crippen LogP contribution in [-0.2, 0) is 10.0 Å². The summed E-state index contributed by atoms with van der Waals surface area (Å²) in [6, 6.07) is 26.9. The molecule has 1 aliphatic heterocycles. The molecule has 4 rings (SSSR count). The quantitative estimate of drug-likeness (QED) is 0.505. The second-order valence-electron chi connectivity index (χ2n) is 7.84. The van der Waals surface area contributed by atoms with Crippen molar-refractivity contribution < 1.29 is 8.42 Å². The zero-order chi connectivity index (χ0) is 22.4.